The Balaban J connectivity index is 1.78. The van der Waals surface area contributed by atoms with Gasteiger partial charge < -0.3 is 19.8 Å². The second-order valence-electron chi connectivity index (χ2n) is 8.16. The summed E-state index contributed by atoms with van der Waals surface area (Å²) in [4.78, 5) is 39.6. The third-order valence-corrected chi connectivity index (χ3v) is 5.75. The van der Waals surface area contributed by atoms with Gasteiger partial charge in [0.05, 0.1) is 18.5 Å². The van der Waals surface area contributed by atoms with Crippen molar-refractivity contribution in [3.63, 3.8) is 0 Å². The van der Waals surface area contributed by atoms with Gasteiger partial charge in [-0.3, -0.25) is 14.4 Å². The first-order valence-corrected chi connectivity index (χ1v) is 11.8. The molecule has 0 radical (unpaired) electrons. The number of para-hydroxylation sites is 1. The summed E-state index contributed by atoms with van der Waals surface area (Å²) in [6.45, 7) is 2.02. The second kappa shape index (κ2) is 12.6. The Morgan fingerprint density at radius 1 is 1.09 bits per heavy atom. The normalized spacial score (nSPS) is 11.7. The average Bonchev–Trinajstić information content (AvgIpc) is 3.38. The van der Waals surface area contributed by atoms with E-state index in [1.807, 2.05) is 37.3 Å². The molecule has 0 aliphatic heterocycles. The Labute approximate surface area is 203 Å². The van der Waals surface area contributed by atoms with Crippen molar-refractivity contribution in [1.82, 2.24) is 25.8 Å². The quantitative estimate of drug-likeness (QED) is 0.297. The van der Waals surface area contributed by atoms with Gasteiger partial charge in [0, 0.05) is 31.8 Å². The van der Waals surface area contributed by atoms with Crippen molar-refractivity contribution in [3.8, 4) is 17.3 Å². The van der Waals surface area contributed by atoms with E-state index in [1.165, 1.54) is 14.2 Å². The van der Waals surface area contributed by atoms with Crippen LogP contribution in [0.25, 0.3) is 22.4 Å². The lowest BCUT2D eigenvalue weighted by Gasteiger charge is -2.14. The number of carbonyl (C=O) groups excluding carboxylic acids is 3. The molecule has 2 N–H and O–H groups in total. The number of ketones is 1. The molecule has 0 bridgehead atoms. The monoisotopic (exact) mass is 481 g/mol. The molecule has 0 saturated heterocycles. The van der Waals surface area contributed by atoms with Gasteiger partial charge in [-0.2, -0.15) is 0 Å². The topological polar surface area (TPSA) is 136 Å². The highest BCUT2D eigenvalue weighted by Crippen LogP contribution is 2.32. The number of benzene rings is 1. The van der Waals surface area contributed by atoms with Gasteiger partial charge in [-0.15, -0.1) is 10.2 Å². The lowest BCUT2D eigenvalue weighted by molar-refractivity contribution is -0.138. The fourth-order valence-electron chi connectivity index (χ4n) is 3.70. The number of fused-ring (bicyclic) bond motifs is 1. The Morgan fingerprint density at radius 3 is 2.63 bits per heavy atom. The van der Waals surface area contributed by atoms with Crippen molar-refractivity contribution in [2.24, 2.45) is 0 Å². The van der Waals surface area contributed by atoms with Crippen LogP contribution in [0.4, 0.5) is 0 Å². The number of likely N-dealkylation sites (N-methyl/N-ethyl adjacent to an activating group) is 1. The van der Waals surface area contributed by atoms with Crippen LogP contribution >= 0.6 is 0 Å². The van der Waals surface area contributed by atoms with E-state index in [-0.39, 0.29) is 24.1 Å². The number of hydrogen-bond acceptors (Lipinski definition) is 8. The van der Waals surface area contributed by atoms with Crippen molar-refractivity contribution in [2.45, 2.75) is 51.4 Å². The Morgan fingerprint density at radius 2 is 1.89 bits per heavy atom. The molecule has 2 aromatic heterocycles. The molecule has 35 heavy (non-hydrogen) atoms. The van der Waals surface area contributed by atoms with Crippen LogP contribution in [0, 0.1) is 0 Å². The molecule has 2 heterocycles. The smallest absolute Gasteiger partial charge is 0.309 e. The van der Waals surface area contributed by atoms with Gasteiger partial charge >= 0.3 is 11.8 Å². The number of methoxy groups -OCH3 is 1. The number of ether oxygens (including phenoxy) is 1. The molecule has 0 aliphatic carbocycles. The number of nitrogens with one attached hydrogen (secondary N) is 2. The predicted octanol–water partition coefficient (Wildman–Crippen LogP) is 3.17. The van der Waals surface area contributed by atoms with Crippen LogP contribution in [-0.4, -0.2) is 53.5 Å². The van der Waals surface area contributed by atoms with E-state index >= 15 is 0 Å². The van der Waals surface area contributed by atoms with Crippen molar-refractivity contribution >= 4 is 28.5 Å². The number of hydrogen-bond donors (Lipinski definition) is 2. The Hall–Kier alpha value is -3.82. The minimum Gasteiger partial charge on any atom is -0.480 e. The van der Waals surface area contributed by atoms with Crippen molar-refractivity contribution in [1.29, 1.82) is 0 Å². The summed E-state index contributed by atoms with van der Waals surface area (Å²) in [5.74, 6) is -0.538. The zero-order chi connectivity index (χ0) is 25.2. The number of aromatic nitrogens is 3. The molecular weight excluding hydrogens is 450 g/mol. The molecule has 186 valence electrons. The van der Waals surface area contributed by atoms with Crippen LogP contribution < -0.4 is 15.4 Å². The van der Waals surface area contributed by atoms with E-state index in [4.69, 9.17) is 9.15 Å². The molecule has 0 saturated carbocycles. The highest BCUT2D eigenvalue weighted by molar-refractivity contribution is 6.35. The van der Waals surface area contributed by atoms with Gasteiger partial charge in [-0.25, -0.2) is 4.98 Å². The number of carbonyl (C=O) groups is 3. The number of nitrogens with zero attached hydrogens (tertiary/aromatic N) is 3. The highest BCUT2D eigenvalue weighted by Gasteiger charge is 2.23. The Bertz CT molecular complexity index is 1180. The van der Waals surface area contributed by atoms with E-state index in [9.17, 15) is 14.4 Å². The number of pyridine rings is 1. The van der Waals surface area contributed by atoms with E-state index in [2.05, 4.69) is 25.8 Å². The van der Waals surface area contributed by atoms with Crippen LogP contribution in [0.5, 0.6) is 5.88 Å². The largest absolute Gasteiger partial charge is 0.480 e. The van der Waals surface area contributed by atoms with E-state index in [1.54, 1.807) is 0 Å². The fourth-order valence-corrected chi connectivity index (χ4v) is 3.70. The minimum atomic E-state index is -0.730. The first-order valence-electron chi connectivity index (χ1n) is 11.8. The molecule has 0 fully saturated rings. The molecule has 3 aromatic rings. The molecule has 1 unspecified atom stereocenters. The summed E-state index contributed by atoms with van der Waals surface area (Å²) < 4.78 is 11.5. The van der Waals surface area contributed by atoms with E-state index < -0.39 is 11.8 Å². The van der Waals surface area contributed by atoms with Crippen LogP contribution in [0.2, 0.25) is 0 Å². The number of unbranched alkanes of at least 4 members (excludes halogenated alkanes) is 2. The first kappa shape index (κ1) is 25.8. The molecule has 10 nitrogen and oxygen atoms in total. The van der Waals surface area contributed by atoms with Crippen LogP contribution in [-0.2, 0) is 14.4 Å². The summed E-state index contributed by atoms with van der Waals surface area (Å²) in [6.07, 6.45) is 4.22. The van der Waals surface area contributed by atoms with Gasteiger partial charge in [0.25, 0.3) is 5.89 Å². The number of amides is 2. The number of Topliss-reactive ketones (excluding diaryl/α,β-unsaturated/α-hetero) is 1. The zero-order valence-corrected chi connectivity index (χ0v) is 20.3. The first-order chi connectivity index (χ1) is 17.0. The molecular formula is C25H31N5O5. The van der Waals surface area contributed by atoms with Gasteiger partial charge in [0.15, 0.2) is 0 Å². The SMILES string of the molecule is CCC(=O)CCCCCC(CNC(=O)C(=O)NC)c1nnc(-c2cc3ccccc3nc2OC)o1. The van der Waals surface area contributed by atoms with Crippen molar-refractivity contribution in [2.75, 3.05) is 20.7 Å². The summed E-state index contributed by atoms with van der Waals surface area (Å²) in [5, 5.41) is 14.3. The predicted molar refractivity (Wildman–Crippen MR) is 130 cm³/mol. The third kappa shape index (κ3) is 6.84. The lowest BCUT2D eigenvalue weighted by atomic mass is 9.99. The van der Waals surface area contributed by atoms with Gasteiger partial charge in [0.1, 0.15) is 11.3 Å². The van der Waals surface area contributed by atoms with E-state index in [0.29, 0.717) is 36.6 Å². The summed E-state index contributed by atoms with van der Waals surface area (Å²) in [6, 6.07) is 9.52. The van der Waals surface area contributed by atoms with Crippen LogP contribution in [0.1, 0.15) is 57.3 Å². The van der Waals surface area contributed by atoms with Crippen LogP contribution in [0.15, 0.2) is 34.7 Å². The second-order valence-corrected chi connectivity index (χ2v) is 8.16. The Kier molecular flexibility index (Phi) is 9.28. The maximum absolute atomic E-state index is 12.0. The average molecular weight is 482 g/mol. The van der Waals surface area contributed by atoms with E-state index in [0.717, 1.165) is 30.2 Å². The molecule has 0 aliphatic rings. The number of rotatable bonds is 12. The molecule has 0 spiro atoms. The maximum Gasteiger partial charge on any atom is 0.309 e. The molecule has 1 aromatic carbocycles. The van der Waals surface area contributed by atoms with Crippen molar-refractivity contribution < 1.29 is 23.5 Å². The summed E-state index contributed by atoms with van der Waals surface area (Å²) >= 11 is 0. The van der Waals surface area contributed by atoms with Gasteiger partial charge in [-0.1, -0.05) is 38.0 Å². The van der Waals surface area contributed by atoms with Gasteiger partial charge in [-0.05, 0) is 25.0 Å². The zero-order valence-electron chi connectivity index (χ0n) is 20.3. The summed E-state index contributed by atoms with van der Waals surface area (Å²) in [7, 11) is 2.92. The summed E-state index contributed by atoms with van der Waals surface area (Å²) in [5.41, 5.74) is 1.35. The van der Waals surface area contributed by atoms with Crippen molar-refractivity contribution in [3.05, 3.63) is 36.2 Å². The molecule has 10 heteroatoms. The highest BCUT2D eigenvalue weighted by atomic mass is 16.5. The molecule has 2 amide bonds. The van der Waals surface area contributed by atoms with Crippen LogP contribution in [0.3, 0.4) is 0 Å². The third-order valence-electron chi connectivity index (χ3n) is 5.75. The lowest BCUT2D eigenvalue weighted by Crippen LogP contribution is -2.39. The minimum absolute atomic E-state index is 0.162. The molecule has 1 atom stereocenters. The standard InChI is InChI=1S/C25H31N5O5/c1-4-18(31)12-7-5-6-11-17(15-27-22(33)21(32)26-2)23-29-30-25(35-23)19-14-16-10-8-9-13-20(16)28-24(19)34-3/h8-10,13-14,17H,4-7,11-12,15H2,1-3H3,(H,26,32)(H,27,33). The van der Waals surface area contributed by atoms with Gasteiger partial charge in [0.2, 0.25) is 11.8 Å². The molecule has 3 rings (SSSR count). The maximum atomic E-state index is 12.0. The fraction of sp³-hybridized carbons (Fsp3) is 0.440.